The number of thiophene rings is 1. The maximum Gasteiger partial charge on any atom is 0.0482 e. The third kappa shape index (κ3) is 4.71. The summed E-state index contributed by atoms with van der Waals surface area (Å²) in [6, 6.07) is 2.71. The van der Waals surface area contributed by atoms with Crippen LogP contribution in [-0.4, -0.2) is 18.3 Å². The Kier molecular flexibility index (Phi) is 5.83. The molecule has 0 radical (unpaired) electrons. The molecule has 0 saturated carbocycles. The van der Waals surface area contributed by atoms with E-state index in [2.05, 4.69) is 46.0 Å². The van der Waals surface area contributed by atoms with Crippen LogP contribution in [0.1, 0.15) is 55.0 Å². The van der Waals surface area contributed by atoms with Gasteiger partial charge in [0.2, 0.25) is 0 Å². The molecule has 0 saturated heterocycles. The molecular weight excluding hydrogens is 242 g/mol. The van der Waals surface area contributed by atoms with Crippen LogP contribution < -0.4 is 5.32 Å². The van der Waals surface area contributed by atoms with Crippen LogP contribution in [0.3, 0.4) is 0 Å². The number of hydrogen-bond acceptors (Lipinski definition) is 3. The third-order valence-corrected chi connectivity index (χ3v) is 4.44. The van der Waals surface area contributed by atoms with E-state index in [9.17, 15) is 5.11 Å². The number of aliphatic hydroxyl groups is 1. The molecule has 1 unspecified atom stereocenters. The minimum atomic E-state index is 0.0554. The second-order valence-electron chi connectivity index (χ2n) is 5.97. The summed E-state index contributed by atoms with van der Waals surface area (Å²) in [6.07, 6.45) is 2.17. The van der Waals surface area contributed by atoms with Crippen molar-refractivity contribution in [2.75, 3.05) is 13.2 Å². The van der Waals surface area contributed by atoms with Crippen molar-refractivity contribution in [3.8, 4) is 0 Å². The molecule has 0 amide bonds. The van der Waals surface area contributed by atoms with Crippen molar-refractivity contribution in [2.24, 2.45) is 5.41 Å². The molecule has 1 rings (SSSR count). The number of hydrogen-bond donors (Lipinski definition) is 2. The summed E-state index contributed by atoms with van der Waals surface area (Å²) < 4.78 is 0. The topological polar surface area (TPSA) is 32.3 Å². The molecule has 0 aliphatic carbocycles. The van der Waals surface area contributed by atoms with Gasteiger partial charge in [0.05, 0.1) is 0 Å². The van der Waals surface area contributed by atoms with Gasteiger partial charge in [-0.3, -0.25) is 0 Å². The van der Waals surface area contributed by atoms with E-state index in [1.165, 1.54) is 15.3 Å². The molecule has 1 aromatic heterocycles. The summed E-state index contributed by atoms with van der Waals surface area (Å²) in [5, 5.41) is 12.8. The highest BCUT2D eigenvalue weighted by Gasteiger charge is 2.16. The Labute approximate surface area is 115 Å². The molecule has 0 aliphatic heterocycles. The normalized spacial score (nSPS) is 13.9. The van der Waals surface area contributed by atoms with Gasteiger partial charge in [0.25, 0.3) is 0 Å². The van der Waals surface area contributed by atoms with Crippen LogP contribution in [0.15, 0.2) is 6.07 Å². The fourth-order valence-electron chi connectivity index (χ4n) is 2.15. The number of aryl methyl sites for hydroxylation is 2. The monoisotopic (exact) mass is 269 g/mol. The Morgan fingerprint density at radius 1 is 1.39 bits per heavy atom. The molecule has 3 heteroatoms. The highest BCUT2D eigenvalue weighted by atomic mass is 32.1. The minimum Gasteiger partial charge on any atom is -0.396 e. The van der Waals surface area contributed by atoms with Crippen molar-refractivity contribution in [1.82, 2.24) is 5.32 Å². The largest absolute Gasteiger partial charge is 0.396 e. The van der Waals surface area contributed by atoms with Crippen LogP contribution in [0.2, 0.25) is 0 Å². The Morgan fingerprint density at radius 2 is 2.06 bits per heavy atom. The first-order valence-electron chi connectivity index (χ1n) is 6.77. The van der Waals surface area contributed by atoms with Crippen LogP contribution in [0, 0.1) is 19.3 Å². The average Bonchev–Trinajstić information content (AvgIpc) is 2.64. The number of rotatable bonds is 7. The van der Waals surface area contributed by atoms with Gasteiger partial charge < -0.3 is 10.4 Å². The second kappa shape index (κ2) is 6.69. The Morgan fingerprint density at radius 3 is 2.56 bits per heavy atom. The summed E-state index contributed by atoms with van der Waals surface area (Å²) in [6.45, 7) is 12.1. The first kappa shape index (κ1) is 15.7. The summed E-state index contributed by atoms with van der Waals surface area (Å²) in [7, 11) is 0. The van der Waals surface area contributed by atoms with Crippen molar-refractivity contribution in [1.29, 1.82) is 0 Å². The van der Waals surface area contributed by atoms with E-state index in [0.717, 1.165) is 19.4 Å². The highest BCUT2D eigenvalue weighted by molar-refractivity contribution is 7.12. The molecule has 104 valence electrons. The zero-order valence-electron chi connectivity index (χ0n) is 12.3. The molecule has 0 spiro atoms. The van der Waals surface area contributed by atoms with Crippen LogP contribution in [0.5, 0.6) is 0 Å². The van der Waals surface area contributed by atoms with Crippen molar-refractivity contribution in [3.05, 3.63) is 21.4 Å². The van der Waals surface area contributed by atoms with E-state index in [1.54, 1.807) is 0 Å². The molecule has 2 N–H and O–H groups in total. The smallest absolute Gasteiger partial charge is 0.0482 e. The summed E-state index contributed by atoms with van der Waals surface area (Å²) in [4.78, 5) is 2.81. The van der Waals surface area contributed by atoms with Gasteiger partial charge in [-0.2, -0.15) is 0 Å². The number of nitrogens with one attached hydrogen (secondary N) is 1. The van der Waals surface area contributed by atoms with E-state index in [4.69, 9.17) is 0 Å². The standard InChI is InChI=1S/C15H27NOS/c1-11-9-14(13(3)18-11)12(2)16-8-6-7-15(4,5)10-17/h9,12,16-17H,6-8,10H2,1-5H3. The Hall–Kier alpha value is -0.380. The molecule has 0 aromatic carbocycles. The molecule has 1 aromatic rings. The van der Waals surface area contributed by atoms with Crippen LogP contribution >= 0.6 is 11.3 Å². The van der Waals surface area contributed by atoms with E-state index in [-0.39, 0.29) is 12.0 Å². The zero-order valence-corrected chi connectivity index (χ0v) is 13.2. The lowest BCUT2D eigenvalue weighted by Gasteiger charge is -2.22. The SMILES string of the molecule is Cc1cc(C(C)NCCCC(C)(C)CO)c(C)s1. The van der Waals surface area contributed by atoms with Gasteiger partial charge in [0.1, 0.15) is 0 Å². The highest BCUT2D eigenvalue weighted by Crippen LogP contribution is 2.26. The molecule has 0 aliphatic rings. The molecule has 2 nitrogen and oxygen atoms in total. The summed E-state index contributed by atoms with van der Waals surface area (Å²) in [5.41, 5.74) is 1.48. The molecule has 0 bridgehead atoms. The maximum atomic E-state index is 9.20. The van der Waals surface area contributed by atoms with Gasteiger partial charge in [0.15, 0.2) is 0 Å². The van der Waals surface area contributed by atoms with E-state index >= 15 is 0 Å². The quantitative estimate of drug-likeness (QED) is 0.738. The molecule has 18 heavy (non-hydrogen) atoms. The van der Waals surface area contributed by atoms with Gasteiger partial charge in [-0.05, 0) is 57.2 Å². The summed E-state index contributed by atoms with van der Waals surface area (Å²) >= 11 is 1.87. The van der Waals surface area contributed by atoms with Crippen molar-refractivity contribution < 1.29 is 5.11 Å². The number of aliphatic hydroxyl groups excluding tert-OH is 1. The van der Waals surface area contributed by atoms with Gasteiger partial charge in [-0.1, -0.05) is 13.8 Å². The lowest BCUT2D eigenvalue weighted by molar-refractivity contribution is 0.147. The molecule has 1 atom stereocenters. The zero-order chi connectivity index (χ0) is 13.8. The fourth-order valence-corrected chi connectivity index (χ4v) is 3.18. The third-order valence-electron chi connectivity index (χ3n) is 3.45. The second-order valence-corrected chi connectivity index (χ2v) is 7.43. The lowest BCUT2D eigenvalue weighted by atomic mass is 9.89. The van der Waals surface area contributed by atoms with E-state index in [1.807, 2.05) is 11.3 Å². The van der Waals surface area contributed by atoms with Crippen molar-refractivity contribution in [2.45, 2.75) is 53.5 Å². The van der Waals surface area contributed by atoms with E-state index < -0.39 is 0 Å². The van der Waals surface area contributed by atoms with Gasteiger partial charge in [0, 0.05) is 22.4 Å². The molecule has 1 heterocycles. The van der Waals surface area contributed by atoms with Crippen molar-refractivity contribution >= 4 is 11.3 Å². The average molecular weight is 269 g/mol. The fraction of sp³-hybridized carbons (Fsp3) is 0.733. The molecular formula is C15H27NOS. The Bertz CT molecular complexity index is 371. The lowest BCUT2D eigenvalue weighted by Crippen LogP contribution is -2.23. The first-order chi connectivity index (χ1) is 8.35. The van der Waals surface area contributed by atoms with Crippen LogP contribution in [0.4, 0.5) is 0 Å². The predicted molar refractivity (Wildman–Crippen MR) is 80.3 cm³/mol. The van der Waals surface area contributed by atoms with Crippen LogP contribution in [0.25, 0.3) is 0 Å². The van der Waals surface area contributed by atoms with Gasteiger partial charge >= 0.3 is 0 Å². The summed E-state index contributed by atoms with van der Waals surface area (Å²) in [5.74, 6) is 0. The van der Waals surface area contributed by atoms with Gasteiger partial charge in [-0.25, -0.2) is 0 Å². The maximum absolute atomic E-state index is 9.20. The van der Waals surface area contributed by atoms with Crippen molar-refractivity contribution in [3.63, 3.8) is 0 Å². The Balaban J connectivity index is 2.34. The van der Waals surface area contributed by atoms with E-state index in [0.29, 0.717) is 6.04 Å². The van der Waals surface area contributed by atoms with Crippen LogP contribution in [-0.2, 0) is 0 Å². The first-order valence-corrected chi connectivity index (χ1v) is 7.58. The van der Waals surface area contributed by atoms with Gasteiger partial charge in [-0.15, -0.1) is 11.3 Å². The minimum absolute atomic E-state index is 0.0554. The molecule has 0 fully saturated rings. The predicted octanol–water partition coefficient (Wildman–Crippen LogP) is 3.81.